The van der Waals surface area contributed by atoms with E-state index in [4.69, 9.17) is 5.73 Å². The number of nitrogens with zero attached hydrogens (tertiary/aromatic N) is 2. The van der Waals surface area contributed by atoms with E-state index in [0.29, 0.717) is 0 Å². The van der Waals surface area contributed by atoms with Gasteiger partial charge in [-0.15, -0.1) is 0 Å². The zero-order chi connectivity index (χ0) is 10.3. The Morgan fingerprint density at radius 2 is 1.93 bits per heavy atom. The van der Waals surface area contributed by atoms with E-state index in [1.807, 2.05) is 0 Å². The van der Waals surface area contributed by atoms with Crippen LogP contribution in [0.5, 0.6) is 0 Å². The Kier molecular flexibility index (Phi) is 2.31. The first-order valence-corrected chi connectivity index (χ1v) is 6.63. The van der Waals surface area contributed by atoms with Crippen molar-refractivity contribution < 1.29 is 0 Å². The number of hydrogen-bond acceptors (Lipinski definition) is 4. The topological polar surface area (TPSA) is 42.1 Å². The molecule has 0 spiro atoms. The van der Waals surface area contributed by atoms with E-state index in [0.717, 1.165) is 11.7 Å². The van der Waals surface area contributed by atoms with Crippen LogP contribution in [0.2, 0.25) is 0 Å². The maximum atomic E-state index is 5.96. The summed E-state index contributed by atoms with van der Waals surface area (Å²) in [5.74, 6) is 1.52. The van der Waals surface area contributed by atoms with Gasteiger partial charge in [-0.2, -0.15) is 4.37 Å². The predicted molar refractivity (Wildman–Crippen MR) is 64.6 cm³/mol. The lowest BCUT2D eigenvalue weighted by Crippen LogP contribution is -2.29. The summed E-state index contributed by atoms with van der Waals surface area (Å²) in [7, 11) is 0. The smallest absolute Gasteiger partial charge is 0.142 e. The first kappa shape index (κ1) is 9.46. The average molecular weight is 223 g/mol. The maximum absolute atomic E-state index is 5.96. The number of aromatic nitrogens is 1. The van der Waals surface area contributed by atoms with E-state index in [1.165, 1.54) is 55.8 Å². The fourth-order valence-electron chi connectivity index (χ4n) is 2.38. The van der Waals surface area contributed by atoms with E-state index in [9.17, 15) is 0 Å². The second kappa shape index (κ2) is 3.67. The van der Waals surface area contributed by atoms with Crippen LogP contribution in [-0.4, -0.2) is 17.5 Å². The molecule has 3 nitrogen and oxygen atoms in total. The zero-order valence-corrected chi connectivity index (χ0v) is 9.72. The summed E-state index contributed by atoms with van der Waals surface area (Å²) in [5.41, 5.74) is 7.32. The summed E-state index contributed by atoms with van der Waals surface area (Å²) in [5, 5.41) is 1.37. The van der Waals surface area contributed by atoms with Crippen LogP contribution in [0, 0.1) is 0 Å². The van der Waals surface area contributed by atoms with Gasteiger partial charge in [-0.25, -0.2) is 0 Å². The van der Waals surface area contributed by atoms with Gasteiger partial charge in [0.05, 0.1) is 0 Å². The molecule has 0 atom stereocenters. The molecule has 0 radical (unpaired) electrons. The Hall–Kier alpha value is -0.770. The second-order valence-electron chi connectivity index (χ2n) is 4.61. The lowest BCUT2D eigenvalue weighted by atomic mass is 10.1. The summed E-state index contributed by atoms with van der Waals surface area (Å²) in [6.07, 6.45) is 6.64. The van der Waals surface area contributed by atoms with Crippen molar-refractivity contribution in [2.45, 2.75) is 38.0 Å². The Morgan fingerprint density at radius 1 is 1.20 bits per heavy atom. The lowest BCUT2D eigenvalue weighted by Gasteiger charge is -2.28. The van der Waals surface area contributed by atoms with Gasteiger partial charge < -0.3 is 10.6 Å². The first-order chi connectivity index (χ1) is 7.36. The molecule has 1 aromatic heterocycles. The third-order valence-corrected chi connectivity index (χ3v) is 4.30. The summed E-state index contributed by atoms with van der Waals surface area (Å²) >= 11 is 1.60. The molecule has 2 fully saturated rings. The quantitative estimate of drug-likeness (QED) is 0.838. The zero-order valence-electron chi connectivity index (χ0n) is 8.91. The van der Waals surface area contributed by atoms with Crippen LogP contribution in [0.3, 0.4) is 0 Å². The van der Waals surface area contributed by atoms with Crippen molar-refractivity contribution in [2.24, 2.45) is 0 Å². The molecule has 1 aliphatic carbocycles. The molecule has 2 N–H and O–H groups in total. The van der Waals surface area contributed by atoms with Crippen molar-refractivity contribution in [3.63, 3.8) is 0 Å². The van der Waals surface area contributed by atoms with Gasteiger partial charge in [0, 0.05) is 18.7 Å². The lowest BCUT2D eigenvalue weighted by molar-refractivity contribution is 0.579. The van der Waals surface area contributed by atoms with Crippen LogP contribution in [0.1, 0.15) is 43.6 Å². The molecule has 0 aromatic carbocycles. The van der Waals surface area contributed by atoms with Gasteiger partial charge in [0.25, 0.3) is 0 Å². The van der Waals surface area contributed by atoms with Crippen molar-refractivity contribution in [1.82, 2.24) is 4.37 Å². The number of nitrogen functional groups attached to an aromatic ring is 1. The third kappa shape index (κ3) is 1.71. The second-order valence-corrected chi connectivity index (χ2v) is 5.36. The normalized spacial score (nSPS) is 22.0. The largest absolute Gasteiger partial charge is 0.383 e. The van der Waals surface area contributed by atoms with Gasteiger partial charge in [-0.3, -0.25) is 0 Å². The van der Waals surface area contributed by atoms with E-state index in [2.05, 4.69) is 9.27 Å². The van der Waals surface area contributed by atoms with Gasteiger partial charge >= 0.3 is 0 Å². The molecular weight excluding hydrogens is 206 g/mol. The summed E-state index contributed by atoms with van der Waals surface area (Å²) < 4.78 is 4.33. The Labute approximate surface area is 94.4 Å². The predicted octanol–water partition coefficient (Wildman–Crippen LogP) is 2.59. The van der Waals surface area contributed by atoms with Crippen LogP contribution in [-0.2, 0) is 0 Å². The van der Waals surface area contributed by atoms with Gasteiger partial charge in [-0.1, -0.05) is 0 Å². The van der Waals surface area contributed by atoms with Crippen molar-refractivity contribution in [2.75, 3.05) is 23.7 Å². The first-order valence-electron chi connectivity index (χ1n) is 5.86. The minimum atomic E-state index is 0.723. The Bertz CT molecular complexity index is 351. The molecule has 1 aliphatic heterocycles. The number of hydrogen-bond donors (Lipinski definition) is 1. The van der Waals surface area contributed by atoms with Crippen LogP contribution < -0.4 is 10.6 Å². The van der Waals surface area contributed by atoms with Crippen molar-refractivity contribution in [1.29, 1.82) is 0 Å². The van der Waals surface area contributed by atoms with Gasteiger partial charge in [0.1, 0.15) is 10.8 Å². The molecule has 0 amide bonds. The Balaban J connectivity index is 1.89. The number of piperidine rings is 1. The molecule has 15 heavy (non-hydrogen) atoms. The van der Waals surface area contributed by atoms with Crippen molar-refractivity contribution in [3.8, 4) is 0 Å². The maximum Gasteiger partial charge on any atom is 0.142 e. The highest BCUT2D eigenvalue weighted by molar-refractivity contribution is 7.10. The van der Waals surface area contributed by atoms with E-state index in [1.54, 1.807) is 11.5 Å². The van der Waals surface area contributed by atoms with Crippen LogP contribution in [0.25, 0.3) is 0 Å². The standard InChI is InChI=1S/C11H17N3S/c12-10-9(8-4-5-8)11(15-13-10)14-6-2-1-3-7-14/h8H,1-7H2,(H2,12,13). The van der Waals surface area contributed by atoms with E-state index < -0.39 is 0 Å². The summed E-state index contributed by atoms with van der Waals surface area (Å²) in [6, 6.07) is 0. The fourth-order valence-corrected chi connectivity index (χ4v) is 3.33. The highest BCUT2D eigenvalue weighted by atomic mass is 32.1. The number of anilines is 2. The highest BCUT2D eigenvalue weighted by Gasteiger charge is 2.32. The van der Waals surface area contributed by atoms with Crippen LogP contribution in [0.15, 0.2) is 0 Å². The van der Waals surface area contributed by atoms with Gasteiger partial charge in [-0.05, 0) is 49.6 Å². The fraction of sp³-hybridized carbons (Fsp3) is 0.727. The van der Waals surface area contributed by atoms with E-state index in [-0.39, 0.29) is 0 Å². The Morgan fingerprint density at radius 3 is 2.60 bits per heavy atom. The minimum Gasteiger partial charge on any atom is -0.383 e. The van der Waals surface area contributed by atoms with Crippen molar-refractivity contribution in [3.05, 3.63) is 5.56 Å². The molecule has 1 aromatic rings. The highest BCUT2D eigenvalue weighted by Crippen LogP contribution is 2.49. The monoisotopic (exact) mass is 223 g/mol. The molecule has 2 heterocycles. The molecule has 0 bridgehead atoms. The van der Waals surface area contributed by atoms with E-state index >= 15 is 0 Å². The number of rotatable bonds is 2. The molecule has 3 rings (SSSR count). The molecule has 2 aliphatic rings. The molecule has 1 saturated carbocycles. The van der Waals surface area contributed by atoms with Gasteiger partial charge in [0.2, 0.25) is 0 Å². The summed E-state index contributed by atoms with van der Waals surface area (Å²) in [4.78, 5) is 2.49. The number of nitrogens with two attached hydrogens (primary N) is 1. The minimum absolute atomic E-state index is 0.723. The molecule has 1 saturated heterocycles. The van der Waals surface area contributed by atoms with Crippen LogP contribution in [0.4, 0.5) is 10.8 Å². The SMILES string of the molecule is Nc1nsc(N2CCCCC2)c1C1CC1. The molecule has 82 valence electrons. The van der Waals surface area contributed by atoms with Crippen LogP contribution >= 0.6 is 11.5 Å². The molecule has 4 heteroatoms. The molecular formula is C11H17N3S. The van der Waals surface area contributed by atoms with Gasteiger partial charge in [0.15, 0.2) is 0 Å². The third-order valence-electron chi connectivity index (χ3n) is 3.37. The summed E-state index contributed by atoms with van der Waals surface area (Å²) in [6.45, 7) is 2.39. The molecule has 0 unspecified atom stereocenters. The van der Waals surface area contributed by atoms with Crippen molar-refractivity contribution >= 4 is 22.4 Å². The average Bonchev–Trinajstić information content (AvgIpc) is 3.03.